The first-order valence-corrected chi connectivity index (χ1v) is 10.5. The van der Waals surface area contributed by atoms with Gasteiger partial charge in [0.25, 0.3) is 5.91 Å². The number of carbonyl (C=O) groups is 2. The molecule has 0 saturated carbocycles. The monoisotopic (exact) mass is 407 g/mol. The van der Waals surface area contributed by atoms with E-state index in [9.17, 15) is 14.7 Å². The van der Waals surface area contributed by atoms with Gasteiger partial charge in [0.15, 0.2) is 11.5 Å². The minimum Gasteiger partial charge on any atom is -0.503 e. The fourth-order valence-electron chi connectivity index (χ4n) is 3.79. The average Bonchev–Trinajstić information content (AvgIpc) is 2.98. The van der Waals surface area contributed by atoms with Crippen LogP contribution in [0.2, 0.25) is 0 Å². The number of Topliss-reactive ketones (excluding diaryl/α,β-unsaturated/α-hetero) is 1. The highest BCUT2D eigenvalue weighted by Gasteiger charge is 2.42. The SMILES string of the molecule is CCCN1C(=O)C(O)=C(C(=O)CCc2ccccc2)C1c1ccc(OC(C)C)cc1. The summed E-state index contributed by atoms with van der Waals surface area (Å²) in [5.74, 6) is -0.373. The smallest absolute Gasteiger partial charge is 0.290 e. The van der Waals surface area contributed by atoms with Gasteiger partial charge in [-0.2, -0.15) is 0 Å². The summed E-state index contributed by atoms with van der Waals surface area (Å²) < 4.78 is 5.70. The lowest BCUT2D eigenvalue weighted by Crippen LogP contribution is -2.31. The van der Waals surface area contributed by atoms with Crippen LogP contribution in [-0.2, 0) is 16.0 Å². The summed E-state index contributed by atoms with van der Waals surface area (Å²) >= 11 is 0. The minimum absolute atomic E-state index is 0.0552. The van der Waals surface area contributed by atoms with E-state index in [1.54, 1.807) is 4.90 Å². The Kier molecular flexibility index (Phi) is 6.93. The molecular formula is C25H29NO4. The molecule has 3 rings (SSSR count). The summed E-state index contributed by atoms with van der Waals surface area (Å²) in [6.45, 7) is 6.34. The summed E-state index contributed by atoms with van der Waals surface area (Å²) in [7, 11) is 0. The van der Waals surface area contributed by atoms with Crippen molar-refractivity contribution in [1.82, 2.24) is 4.90 Å². The van der Waals surface area contributed by atoms with Gasteiger partial charge < -0.3 is 14.7 Å². The summed E-state index contributed by atoms with van der Waals surface area (Å²) in [4.78, 5) is 27.4. The van der Waals surface area contributed by atoms with E-state index in [-0.39, 0.29) is 23.9 Å². The fraction of sp³-hybridized carbons (Fsp3) is 0.360. The standard InChI is InChI=1S/C25H29NO4/c1-4-16-26-23(19-11-13-20(14-12-19)30-17(2)3)22(24(28)25(26)29)21(27)15-10-18-8-6-5-7-9-18/h5-9,11-14,17,23,28H,4,10,15-16H2,1-3H3. The Labute approximate surface area is 178 Å². The highest BCUT2D eigenvalue weighted by Crippen LogP contribution is 2.39. The van der Waals surface area contributed by atoms with Crippen LogP contribution in [0, 0.1) is 0 Å². The van der Waals surface area contributed by atoms with Crippen LogP contribution in [0.3, 0.4) is 0 Å². The molecule has 1 heterocycles. The van der Waals surface area contributed by atoms with E-state index in [2.05, 4.69) is 0 Å². The number of hydrogen-bond acceptors (Lipinski definition) is 4. The van der Waals surface area contributed by atoms with Crippen LogP contribution in [0.15, 0.2) is 65.9 Å². The fourth-order valence-corrected chi connectivity index (χ4v) is 3.79. The van der Waals surface area contributed by atoms with Gasteiger partial charge in [-0.25, -0.2) is 0 Å². The Morgan fingerprint density at radius 1 is 1.10 bits per heavy atom. The molecule has 2 aromatic rings. The molecule has 0 saturated heterocycles. The molecule has 0 aromatic heterocycles. The molecule has 1 N–H and O–H groups in total. The van der Waals surface area contributed by atoms with E-state index in [0.29, 0.717) is 13.0 Å². The van der Waals surface area contributed by atoms with Gasteiger partial charge in [0.2, 0.25) is 0 Å². The zero-order valence-electron chi connectivity index (χ0n) is 17.8. The van der Waals surface area contributed by atoms with Crippen molar-refractivity contribution in [2.45, 2.75) is 52.2 Å². The van der Waals surface area contributed by atoms with Gasteiger partial charge in [0, 0.05) is 13.0 Å². The molecule has 1 atom stereocenters. The highest BCUT2D eigenvalue weighted by molar-refractivity contribution is 6.09. The molecule has 1 unspecified atom stereocenters. The van der Waals surface area contributed by atoms with Gasteiger partial charge in [0.05, 0.1) is 17.7 Å². The Hall–Kier alpha value is -3.08. The van der Waals surface area contributed by atoms with Crippen molar-refractivity contribution >= 4 is 11.7 Å². The van der Waals surface area contributed by atoms with Gasteiger partial charge in [-0.05, 0) is 49.9 Å². The second kappa shape index (κ2) is 9.61. The summed E-state index contributed by atoms with van der Waals surface area (Å²) in [6, 6.07) is 16.6. The van der Waals surface area contributed by atoms with Crippen molar-refractivity contribution in [1.29, 1.82) is 0 Å². The van der Waals surface area contributed by atoms with Crippen LogP contribution in [0.5, 0.6) is 5.75 Å². The van der Waals surface area contributed by atoms with E-state index >= 15 is 0 Å². The lowest BCUT2D eigenvalue weighted by Gasteiger charge is -2.26. The normalized spacial score (nSPS) is 16.5. The number of ether oxygens (including phenoxy) is 1. The number of ketones is 1. The van der Waals surface area contributed by atoms with E-state index < -0.39 is 17.7 Å². The Bertz CT molecular complexity index is 916. The molecule has 1 amide bonds. The third-order valence-corrected chi connectivity index (χ3v) is 5.12. The zero-order valence-corrected chi connectivity index (χ0v) is 17.8. The molecular weight excluding hydrogens is 378 g/mol. The van der Waals surface area contributed by atoms with Crippen molar-refractivity contribution in [3.8, 4) is 5.75 Å². The van der Waals surface area contributed by atoms with Crippen LogP contribution in [0.1, 0.15) is 50.8 Å². The first-order valence-electron chi connectivity index (χ1n) is 10.5. The Morgan fingerprint density at radius 2 is 1.77 bits per heavy atom. The topological polar surface area (TPSA) is 66.8 Å². The van der Waals surface area contributed by atoms with Crippen molar-refractivity contribution in [2.24, 2.45) is 0 Å². The lowest BCUT2D eigenvalue weighted by atomic mass is 9.93. The number of aliphatic hydroxyl groups excluding tert-OH is 1. The molecule has 5 heteroatoms. The first kappa shape index (κ1) is 21.6. The molecule has 0 aliphatic carbocycles. The number of aryl methyl sites for hydroxylation is 1. The maximum absolute atomic E-state index is 13.1. The van der Waals surface area contributed by atoms with Gasteiger partial charge in [-0.15, -0.1) is 0 Å². The summed E-state index contributed by atoms with van der Waals surface area (Å²) in [5, 5.41) is 10.6. The van der Waals surface area contributed by atoms with Crippen LogP contribution in [0.4, 0.5) is 0 Å². The third-order valence-electron chi connectivity index (χ3n) is 5.12. The predicted molar refractivity (Wildman–Crippen MR) is 116 cm³/mol. The molecule has 1 aliphatic rings. The molecule has 0 radical (unpaired) electrons. The van der Waals surface area contributed by atoms with Crippen molar-refractivity contribution in [3.63, 3.8) is 0 Å². The van der Waals surface area contributed by atoms with Gasteiger partial charge >= 0.3 is 0 Å². The number of benzene rings is 2. The average molecular weight is 408 g/mol. The molecule has 0 spiro atoms. The first-order chi connectivity index (χ1) is 14.4. The maximum atomic E-state index is 13.1. The van der Waals surface area contributed by atoms with Crippen LogP contribution >= 0.6 is 0 Å². The number of carbonyl (C=O) groups excluding carboxylic acids is 2. The molecule has 158 valence electrons. The number of rotatable bonds is 9. The summed E-state index contributed by atoms with van der Waals surface area (Å²) in [6.07, 6.45) is 1.59. The van der Waals surface area contributed by atoms with Crippen LogP contribution in [-0.4, -0.2) is 34.3 Å². The van der Waals surface area contributed by atoms with Gasteiger partial charge in [-0.1, -0.05) is 49.4 Å². The number of aliphatic hydroxyl groups is 1. The van der Waals surface area contributed by atoms with E-state index in [1.165, 1.54) is 0 Å². The maximum Gasteiger partial charge on any atom is 0.290 e. The van der Waals surface area contributed by atoms with Crippen molar-refractivity contribution in [3.05, 3.63) is 77.1 Å². The number of amides is 1. The second-order valence-electron chi connectivity index (χ2n) is 7.81. The lowest BCUT2D eigenvalue weighted by molar-refractivity contribution is -0.129. The Balaban J connectivity index is 1.88. The molecule has 2 aromatic carbocycles. The minimum atomic E-state index is -0.575. The zero-order chi connectivity index (χ0) is 21.7. The van der Waals surface area contributed by atoms with Crippen molar-refractivity contribution in [2.75, 3.05) is 6.54 Å². The molecule has 30 heavy (non-hydrogen) atoms. The second-order valence-corrected chi connectivity index (χ2v) is 7.81. The van der Waals surface area contributed by atoms with Gasteiger partial charge in [-0.3, -0.25) is 9.59 Å². The Morgan fingerprint density at radius 3 is 2.37 bits per heavy atom. The molecule has 5 nitrogen and oxygen atoms in total. The molecule has 0 bridgehead atoms. The third kappa shape index (κ3) is 4.73. The van der Waals surface area contributed by atoms with Crippen molar-refractivity contribution < 1.29 is 19.4 Å². The van der Waals surface area contributed by atoms with E-state index in [4.69, 9.17) is 4.74 Å². The van der Waals surface area contributed by atoms with E-state index in [0.717, 1.165) is 23.3 Å². The molecule has 1 aliphatic heterocycles. The highest BCUT2D eigenvalue weighted by atomic mass is 16.5. The van der Waals surface area contributed by atoms with Crippen LogP contribution in [0.25, 0.3) is 0 Å². The van der Waals surface area contributed by atoms with E-state index in [1.807, 2.05) is 75.4 Å². The number of nitrogens with zero attached hydrogens (tertiary/aromatic N) is 1. The predicted octanol–water partition coefficient (Wildman–Crippen LogP) is 4.78. The largest absolute Gasteiger partial charge is 0.503 e. The summed E-state index contributed by atoms with van der Waals surface area (Å²) in [5.41, 5.74) is 2.04. The molecule has 0 fully saturated rings. The number of hydrogen-bond donors (Lipinski definition) is 1. The van der Waals surface area contributed by atoms with Crippen LogP contribution < -0.4 is 4.74 Å². The quantitative estimate of drug-likeness (QED) is 0.650. The van der Waals surface area contributed by atoms with Gasteiger partial charge in [0.1, 0.15) is 5.75 Å².